The van der Waals surface area contributed by atoms with Crippen molar-refractivity contribution in [1.82, 2.24) is 19.6 Å². The molecule has 0 radical (unpaired) electrons. The van der Waals surface area contributed by atoms with Gasteiger partial charge in [0.2, 0.25) is 23.6 Å². The van der Waals surface area contributed by atoms with Gasteiger partial charge in [0, 0.05) is 103 Å². The van der Waals surface area contributed by atoms with Crippen molar-refractivity contribution in [3.8, 4) is 0 Å². The third-order valence-corrected chi connectivity index (χ3v) is 10.2. The van der Waals surface area contributed by atoms with E-state index in [-0.39, 0.29) is 30.2 Å². The SMILES string of the molecule is CC(=O)Nc1ccc(C=CC(=O)N(Cc2ccc(N3CCN(C(C)=O)CC3)cc2)[C@@H](Cc2ccccc2)C(=O)N2CCN(Cc3ccccc3)CC2)cc1. The van der Waals surface area contributed by atoms with Gasteiger partial charge >= 0.3 is 0 Å². The Morgan fingerprint density at radius 2 is 1.26 bits per heavy atom. The minimum Gasteiger partial charge on any atom is -0.368 e. The minimum atomic E-state index is -0.730. The zero-order valence-electron chi connectivity index (χ0n) is 31.3. The monoisotopic (exact) mass is 726 g/mol. The van der Waals surface area contributed by atoms with E-state index in [1.165, 1.54) is 12.5 Å². The first kappa shape index (κ1) is 38.0. The van der Waals surface area contributed by atoms with Crippen LogP contribution in [0.15, 0.2) is 115 Å². The summed E-state index contributed by atoms with van der Waals surface area (Å²) in [6, 6.07) is 35.0. The summed E-state index contributed by atoms with van der Waals surface area (Å²) in [5.41, 5.74) is 5.68. The average Bonchev–Trinajstić information content (AvgIpc) is 3.20. The van der Waals surface area contributed by atoms with Crippen LogP contribution < -0.4 is 10.2 Å². The van der Waals surface area contributed by atoms with Crippen LogP contribution >= 0.6 is 0 Å². The lowest BCUT2D eigenvalue weighted by Crippen LogP contribution is -2.56. The van der Waals surface area contributed by atoms with E-state index in [1.54, 1.807) is 36.1 Å². The molecule has 0 spiro atoms. The smallest absolute Gasteiger partial charge is 0.247 e. The third kappa shape index (κ3) is 10.4. The Bertz CT molecular complexity index is 1880. The van der Waals surface area contributed by atoms with E-state index < -0.39 is 6.04 Å². The second kappa shape index (κ2) is 18.3. The molecular formula is C44H50N6O4. The van der Waals surface area contributed by atoms with Crippen LogP contribution in [-0.2, 0) is 38.7 Å². The first-order valence-electron chi connectivity index (χ1n) is 18.8. The van der Waals surface area contributed by atoms with Crippen molar-refractivity contribution in [2.75, 3.05) is 62.6 Å². The van der Waals surface area contributed by atoms with Gasteiger partial charge in [0.1, 0.15) is 6.04 Å². The Balaban J connectivity index is 1.24. The van der Waals surface area contributed by atoms with Crippen molar-refractivity contribution in [3.05, 3.63) is 138 Å². The van der Waals surface area contributed by atoms with E-state index in [2.05, 4.69) is 51.5 Å². The zero-order chi connectivity index (χ0) is 37.9. The zero-order valence-corrected chi connectivity index (χ0v) is 31.3. The van der Waals surface area contributed by atoms with Gasteiger partial charge in [-0.3, -0.25) is 24.1 Å². The highest BCUT2D eigenvalue weighted by Crippen LogP contribution is 2.22. The molecule has 1 N–H and O–H groups in total. The molecule has 0 aromatic heterocycles. The van der Waals surface area contributed by atoms with Crippen LogP contribution in [0.25, 0.3) is 6.08 Å². The molecule has 0 saturated carbocycles. The summed E-state index contributed by atoms with van der Waals surface area (Å²) in [6.07, 6.45) is 3.68. The molecule has 10 heteroatoms. The van der Waals surface area contributed by atoms with Crippen molar-refractivity contribution in [3.63, 3.8) is 0 Å². The lowest BCUT2D eigenvalue weighted by molar-refractivity contribution is -0.145. The summed E-state index contributed by atoms with van der Waals surface area (Å²) in [5, 5.41) is 2.77. The number of carbonyl (C=O) groups is 4. The molecule has 4 amide bonds. The van der Waals surface area contributed by atoms with E-state index in [1.807, 2.05) is 70.5 Å². The van der Waals surface area contributed by atoms with Crippen LogP contribution in [0.3, 0.4) is 0 Å². The van der Waals surface area contributed by atoms with Crippen molar-refractivity contribution in [2.24, 2.45) is 0 Å². The molecule has 54 heavy (non-hydrogen) atoms. The molecule has 4 aromatic rings. The second-order valence-electron chi connectivity index (χ2n) is 14.1. The first-order valence-corrected chi connectivity index (χ1v) is 18.8. The number of nitrogens with one attached hydrogen (secondary N) is 1. The van der Waals surface area contributed by atoms with Crippen LogP contribution in [-0.4, -0.2) is 102 Å². The van der Waals surface area contributed by atoms with E-state index in [9.17, 15) is 19.2 Å². The molecule has 4 aromatic carbocycles. The fraction of sp³-hybridized carbons (Fsp3) is 0.318. The summed E-state index contributed by atoms with van der Waals surface area (Å²) in [6.45, 7) is 9.71. The Kier molecular flexibility index (Phi) is 12.9. The van der Waals surface area contributed by atoms with Gasteiger partial charge in [-0.05, 0) is 52.6 Å². The molecule has 2 saturated heterocycles. The highest BCUT2D eigenvalue weighted by molar-refractivity contribution is 5.96. The molecule has 0 bridgehead atoms. The number of benzene rings is 4. The van der Waals surface area contributed by atoms with Crippen molar-refractivity contribution in [1.29, 1.82) is 0 Å². The second-order valence-corrected chi connectivity index (χ2v) is 14.1. The number of piperazine rings is 2. The summed E-state index contributed by atoms with van der Waals surface area (Å²) in [5.74, 6) is -0.374. The van der Waals surface area contributed by atoms with E-state index in [4.69, 9.17) is 0 Å². The third-order valence-electron chi connectivity index (χ3n) is 10.2. The Morgan fingerprint density at radius 3 is 1.85 bits per heavy atom. The van der Waals surface area contributed by atoms with Gasteiger partial charge in [0.25, 0.3) is 0 Å². The van der Waals surface area contributed by atoms with Crippen LogP contribution in [0.4, 0.5) is 11.4 Å². The Morgan fingerprint density at radius 1 is 0.667 bits per heavy atom. The maximum Gasteiger partial charge on any atom is 0.247 e. The van der Waals surface area contributed by atoms with E-state index in [0.29, 0.717) is 38.3 Å². The van der Waals surface area contributed by atoms with Gasteiger partial charge in [-0.15, -0.1) is 0 Å². The average molecular weight is 727 g/mol. The molecule has 6 rings (SSSR count). The van der Waals surface area contributed by atoms with Gasteiger partial charge in [-0.25, -0.2) is 0 Å². The van der Waals surface area contributed by atoms with Gasteiger partial charge in [0.15, 0.2) is 0 Å². The molecule has 1 atom stereocenters. The molecule has 2 heterocycles. The first-order chi connectivity index (χ1) is 26.2. The molecule has 2 aliphatic heterocycles. The summed E-state index contributed by atoms with van der Waals surface area (Å²) in [4.78, 5) is 62.5. The highest BCUT2D eigenvalue weighted by Gasteiger charge is 2.34. The van der Waals surface area contributed by atoms with Gasteiger partial charge in [-0.2, -0.15) is 0 Å². The summed E-state index contributed by atoms with van der Waals surface area (Å²) < 4.78 is 0. The van der Waals surface area contributed by atoms with Crippen LogP contribution in [0.5, 0.6) is 0 Å². The maximum absolute atomic E-state index is 14.7. The number of carbonyl (C=O) groups excluding carboxylic acids is 4. The molecule has 280 valence electrons. The maximum atomic E-state index is 14.7. The largest absolute Gasteiger partial charge is 0.368 e. The summed E-state index contributed by atoms with van der Waals surface area (Å²) in [7, 11) is 0. The Hall–Kier alpha value is -5.74. The molecule has 0 aliphatic carbocycles. The minimum absolute atomic E-state index is 0.0559. The Labute approximate surface area is 318 Å². The van der Waals surface area contributed by atoms with Gasteiger partial charge in [-0.1, -0.05) is 84.9 Å². The van der Waals surface area contributed by atoms with Crippen molar-refractivity contribution in [2.45, 2.75) is 39.4 Å². The fourth-order valence-electron chi connectivity index (χ4n) is 7.12. The summed E-state index contributed by atoms with van der Waals surface area (Å²) >= 11 is 0. The number of hydrogen-bond donors (Lipinski definition) is 1. The fourth-order valence-corrected chi connectivity index (χ4v) is 7.12. The van der Waals surface area contributed by atoms with E-state index in [0.717, 1.165) is 55.1 Å². The van der Waals surface area contributed by atoms with Crippen LogP contribution in [0.1, 0.15) is 36.1 Å². The normalized spacial score (nSPS) is 15.6. The number of amides is 4. The highest BCUT2D eigenvalue weighted by atomic mass is 16.2. The van der Waals surface area contributed by atoms with Crippen LogP contribution in [0.2, 0.25) is 0 Å². The number of nitrogens with zero attached hydrogens (tertiary/aromatic N) is 5. The molecule has 0 unspecified atom stereocenters. The van der Waals surface area contributed by atoms with Crippen molar-refractivity contribution < 1.29 is 19.2 Å². The molecule has 10 nitrogen and oxygen atoms in total. The number of hydrogen-bond acceptors (Lipinski definition) is 6. The lowest BCUT2D eigenvalue weighted by Gasteiger charge is -2.39. The predicted octanol–water partition coefficient (Wildman–Crippen LogP) is 5.31. The molecule has 2 fully saturated rings. The van der Waals surface area contributed by atoms with E-state index >= 15 is 0 Å². The van der Waals surface area contributed by atoms with Gasteiger partial charge < -0.3 is 24.9 Å². The number of rotatable bonds is 12. The lowest BCUT2D eigenvalue weighted by atomic mass is 10.0. The molecular weight excluding hydrogens is 677 g/mol. The van der Waals surface area contributed by atoms with Crippen LogP contribution in [0, 0.1) is 0 Å². The number of anilines is 2. The van der Waals surface area contributed by atoms with Gasteiger partial charge in [0.05, 0.1) is 0 Å². The predicted molar refractivity (Wildman–Crippen MR) is 213 cm³/mol. The molecule has 2 aliphatic rings. The quantitative estimate of drug-likeness (QED) is 0.199. The van der Waals surface area contributed by atoms with Crippen molar-refractivity contribution >= 4 is 41.1 Å². The standard InChI is InChI=1S/C44H50N6O4/c1-34(51)45-40-18-13-36(14-19-40)17-22-43(53)50(33-39-15-20-41(21-16-39)48-29-27-47(28-30-48)35(2)52)42(31-37-9-5-3-6-10-37)44(54)49-25-23-46(24-26-49)32-38-11-7-4-8-12-38/h3-22,42H,23-33H2,1-2H3,(H,45,51)/t42-/m0/s1. The topological polar surface area (TPSA) is 96.5 Å².